The molecule has 1 aromatic carbocycles. The van der Waals surface area contributed by atoms with E-state index in [0.717, 1.165) is 30.9 Å². The number of nitrogens with two attached hydrogens (primary N) is 1. The molecule has 1 fully saturated rings. The van der Waals surface area contributed by atoms with Gasteiger partial charge in [0.1, 0.15) is 12.4 Å². The lowest BCUT2D eigenvalue weighted by Crippen LogP contribution is -2.39. The lowest BCUT2D eigenvalue weighted by molar-refractivity contribution is 0.0787. The smallest absolute Gasteiger partial charge is 0.119 e. The van der Waals surface area contributed by atoms with Crippen LogP contribution in [-0.4, -0.2) is 43.9 Å². The molecule has 106 valence electrons. The van der Waals surface area contributed by atoms with Crippen LogP contribution >= 0.6 is 0 Å². The molecule has 2 rings (SSSR count). The number of ether oxygens (including phenoxy) is 2. The van der Waals surface area contributed by atoms with Gasteiger partial charge in [-0.1, -0.05) is 12.1 Å². The summed E-state index contributed by atoms with van der Waals surface area (Å²) in [5, 5.41) is 0. The van der Waals surface area contributed by atoms with Gasteiger partial charge in [-0.25, -0.2) is 0 Å². The summed E-state index contributed by atoms with van der Waals surface area (Å²) in [5.41, 5.74) is 6.69. The molecule has 0 aliphatic carbocycles. The first kappa shape index (κ1) is 14.3. The van der Waals surface area contributed by atoms with Gasteiger partial charge in [-0.05, 0) is 38.1 Å². The summed E-state index contributed by atoms with van der Waals surface area (Å²) in [4.78, 5) is 2.33. The first-order valence-corrected chi connectivity index (χ1v) is 6.94. The number of benzene rings is 1. The fraction of sp³-hybridized carbons (Fsp3) is 0.600. The molecule has 2 N–H and O–H groups in total. The molecule has 0 bridgehead atoms. The van der Waals surface area contributed by atoms with Crippen molar-refractivity contribution < 1.29 is 9.47 Å². The third-order valence-electron chi connectivity index (χ3n) is 3.77. The maximum atomic E-state index is 5.75. The molecule has 19 heavy (non-hydrogen) atoms. The van der Waals surface area contributed by atoms with Gasteiger partial charge in [0.05, 0.1) is 6.10 Å². The molecular formula is C15H24N2O2. The second kappa shape index (κ2) is 6.89. The molecule has 0 saturated carbocycles. The zero-order chi connectivity index (χ0) is 13.7. The van der Waals surface area contributed by atoms with Crippen LogP contribution in [0.15, 0.2) is 24.3 Å². The second-order valence-corrected chi connectivity index (χ2v) is 5.11. The lowest BCUT2D eigenvalue weighted by Gasteiger charge is -2.26. The van der Waals surface area contributed by atoms with E-state index in [1.807, 2.05) is 24.3 Å². The number of hydrogen-bond acceptors (Lipinski definition) is 4. The molecule has 0 aromatic heterocycles. The molecule has 0 spiro atoms. The van der Waals surface area contributed by atoms with E-state index < -0.39 is 0 Å². The fourth-order valence-corrected chi connectivity index (χ4v) is 2.49. The van der Waals surface area contributed by atoms with Gasteiger partial charge in [-0.2, -0.15) is 0 Å². The Labute approximate surface area is 115 Å². The van der Waals surface area contributed by atoms with Crippen molar-refractivity contribution in [3.63, 3.8) is 0 Å². The zero-order valence-electron chi connectivity index (χ0n) is 11.8. The average Bonchev–Trinajstić information content (AvgIpc) is 2.86. The molecule has 1 aromatic rings. The number of nitrogens with zero attached hydrogens (tertiary/aromatic N) is 1. The Morgan fingerprint density at radius 2 is 2.11 bits per heavy atom. The molecule has 2 unspecified atom stereocenters. The Kier molecular flexibility index (Phi) is 5.19. The van der Waals surface area contributed by atoms with Crippen LogP contribution in [0.3, 0.4) is 0 Å². The van der Waals surface area contributed by atoms with Gasteiger partial charge in [0, 0.05) is 25.7 Å². The van der Waals surface area contributed by atoms with E-state index >= 15 is 0 Å². The highest BCUT2D eigenvalue weighted by Gasteiger charge is 2.27. The van der Waals surface area contributed by atoms with Crippen LogP contribution in [-0.2, 0) is 11.3 Å². The maximum Gasteiger partial charge on any atom is 0.119 e. The topological polar surface area (TPSA) is 47.7 Å². The first-order valence-electron chi connectivity index (χ1n) is 6.94. The molecule has 4 nitrogen and oxygen atoms in total. The standard InChI is InChI=1S/C15H24N2O2/c1-12-15(7-9-18-12)17(2)8-10-19-14-5-3-13(11-16)4-6-14/h3-6,12,15H,7-11,16H2,1-2H3. The summed E-state index contributed by atoms with van der Waals surface area (Å²) in [6.07, 6.45) is 1.44. The summed E-state index contributed by atoms with van der Waals surface area (Å²) < 4.78 is 11.3. The highest BCUT2D eigenvalue weighted by Crippen LogP contribution is 2.18. The van der Waals surface area contributed by atoms with Gasteiger partial charge in [-0.15, -0.1) is 0 Å². The number of likely N-dealkylation sites (N-methyl/N-ethyl adjacent to an activating group) is 1. The quantitative estimate of drug-likeness (QED) is 0.848. The summed E-state index contributed by atoms with van der Waals surface area (Å²) in [6.45, 7) is 5.19. The fourth-order valence-electron chi connectivity index (χ4n) is 2.49. The van der Waals surface area contributed by atoms with E-state index in [2.05, 4.69) is 18.9 Å². The Balaban J connectivity index is 1.73. The van der Waals surface area contributed by atoms with Crippen molar-refractivity contribution in [3.8, 4) is 5.75 Å². The first-order chi connectivity index (χ1) is 9.20. The Bertz CT molecular complexity index is 380. The molecule has 0 radical (unpaired) electrons. The van der Waals surface area contributed by atoms with Gasteiger partial charge in [0.15, 0.2) is 0 Å². The summed E-state index contributed by atoms with van der Waals surface area (Å²) >= 11 is 0. The number of hydrogen-bond donors (Lipinski definition) is 1. The van der Waals surface area contributed by atoms with E-state index in [1.165, 1.54) is 0 Å². The maximum absolute atomic E-state index is 5.75. The highest BCUT2D eigenvalue weighted by molar-refractivity contribution is 5.27. The SMILES string of the molecule is CC1OCCC1N(C)CCOc1ccc(CN)cc1. The minimum absolute atomic E-state index is 0.328. The van der Waals surface area contributed by atoms with Crippen molar-refractivity contribution in [3.05, 3.63) is 29.8 Å². The van der Waals surface area contributed by atoms with Crippen molar-refractivity contribution in [1.82, 2.24) is 4.90 Å². The Morgan fingerprint density at radius 3 is 2.68 bits per heavy atom. The predicted octanol–water partition coefficient (Wildman–Crippen LogP) is 1.63. The molecule has 2 atom stereocenters. The minimum Gasteiger partial charge on any atom is -0.492 e. The van der Waals surface area contributed by atoms with Gasteiger partial charge < -0.3 is 15.2 Å². The second-order valence-electron chi connectivity index (χ2n) is 5.11. The summed E-state index contributed by atoms with van der Waals surface area (Å²) in [5.74, 6) is 0.904. The van der Waals surface area contributed by atoms with Gasteiger partial charge >= 0.3 is 0 Å². The molecular weight excluding hydrogens is 240 g/mol. The van der Waals surface area contributed by atoms with E-state index in [9.17, 15) is 0 Å². The van der Waals surface area contributed by atoms with Crippen LogP contribution in [0.5, 0.6) is 5.75 Å². The van der Waals surface area contributed by atoms with Crippen LogP contribution in [0, 0.1) is 0 Å². The molecule has 4 heteroatoms. The minimum atomic E-state index is 0.328. The molecule has 1 aliphatic heterocycles. The van der Waals surface area contributed by atoms with Crippen LogP contribution in [0.25, 0.3) is 0 Å². The summed E-state index contributed by atoms with van der Waals surface area (Å²) in [6, 6.07) is 8.48. The molecule has 1 aliphatic rings. The van der Waals surface area contributed by atoms with E-state index in [-0.39, 0.29) is 0 Å². The zero-order valence-corrected chi connectivity index (χ0v) is 11.8. The molecule has 1 saturated heterocycles. The highest BCUT2D eigenvalue weighted by atomic mass is 16.5. The summed E-state index contributed by atoms with van der Waals surface area (Å²) in [7, 11) is 2.14. The van der Waals surface area contributed by atoms with Crippen molar-refractivity contribution in [2.75, 3.05) is 26.8 Å². The Hall–Kier alpha value is -1.10. The van der Waals surface area contributed by atoms with E-state index in [1.54, 1.807) is 0 Å². The Morgan fingerprint density at radius 1 is 1.37 bits per heavy atom. The molecule has 0 amide bonds. The number of rotatable bonds is 6. The van der Waals surface area contributed by atoms with Crippen LogP contribution in [0.1, 0.15) is 18.9 Å². The van der Waals surface area contributed by atoms with Crippen molar-refractivity contribution in [2.24, 2.45) is 5.73 Å². The van der Waals surface area contributed by atoms with Crippen LogP contribution in [0.4, 0.5) is 0 Å². The average molecular weight is 264 g/mol. The third kappa shape index (κ3) is 3.93. The van der Waals surface area contributed by atoms with Crippen molar-refractivity contribution in [2.45, 2.75) is 32.0 Å². The van der Waals surface area contributed by atoms with Gasteiger partial charge in [0.2, 0.25) is 0 Å². The predicted molar refractivity (Wildman–Crippen MR) is 76.3 cm³/mol. The van der Waals surface area contributed by atoms with Gasteiger partial charge in [-0.3, -0.25) is 4.90 Å². The monoisotopic (exact) mass is 264 g/mol. The lowest BCUT2D eigenvalue weighted by atomic mass is 10.1. The van der Waals surface area contributed by atoms with E-state index in [0.29, 0.717) is 25.3 Å². The van der Waals surface area contributed by atoms with Gasteiger partial charge in [0.25, 0.3) is 0 Å². The normalized spacial score (nSPS) is 22.9. The third-order valence-corrected chi connectivity index (χ3v) is 3.77. The largest absolute Gasteiger partial charge is 0.492 e. The van der Waals surface area contributed by atoms with Crippen LogP contribution in [0.2, 0.25) is 0 Å². The molecule has 1 heterocycles. The van der Waals surface area contributed by atoms with Crippen LogP contribution < -0.4 is 10.5 Å². The van der Waals surface area contributed by atoms with Crippen molar-refractivity contribution >= 4 is 0 Å². The van der Waals surface area contributed by atoms with Crippen molar-refractivity contribution in [1.29, 1.82) is 0 Å². The van der Waals surface area contributed by atoms with E-state index in [4.69, 9.17) is 15.2 Å².